The number of fused-ring (bicyclic) bond motifs is 2. The van der Waals surface area contributed by atoms with Crippen molar-refractivity contribution in [2.45, 2.75) is 32.1 Å². The minimum absolute atomic E-state index is 0.0261. The van der Waals surface area contributed by atoms with Crippen molar-refractivity contribution in [2.75, 3.05) is 6.54 Å². The van der Waals surface area contributed by atoms with Crippen LogP contribution in [-0.2, 0) is 19.3 Å². The summed E-state index contributed by atoms with van der Waals surface area (Å²) in [6, 6.07) is 7.88. The van der Waals surface area contributed by atoms with Crippen LogP contribution in [0.3, 0.4) is 0 Å². The number of rotatable bonds is 4. The summed E-state index contributed by atoms with van der Waals surface area (Å²) in [6.07, 6.45) is 7.34. The number of amides is 1. The molecule has 3 aromatic rings. The summed E-state index contributed by atoms with van der Waals surface area (Å²) in [7, 11) is 0. The monoisotopic (exact) mass is 326 g/mol. The molecule has 0 atom stereocenters. The topological polar surface area (TPSA) is 59.3 Å². The third-order valence-electron chi connectivity index (χ3n) is 4.24. The highest BCUT2D eigenvalue weighted by Gasteiger charge is 2.17. The van der Waals surface area contributed by atoms with Crippen LogP contribution in [0.2, 0.25) is 0 Å². The van der Waals surface area contributed by atoms with E-state index in [1.165, 1.54) is 23.3 Å². The first-order chi connectivity index (χ1) is 11.3. The normalized spacial score (nSPS) is 13.9. The Balaban J connectivity index is 1.39. The Kier molecular flexibility index (Phi) is 3.83. The molecule has 23 heavy (non-hydrogen) atoms. The highest BCUT2D eigenvalue weighted by atomic mass is 32.1. The minimum atomic E-state index is 0.0261. The molecule has 0 fully saturated rings. The van der Waals surface area contributed by atoms with Crippen LogP contribution in [0.5, 0.6) is 0 Å². The summed E-state index contributed by atoms with van der Waals surface area (Å²) in [6.45, 7) is 0.567. The van der Waals surface area contributed by atoms with Crippen molar-refractivity contribution in [3.8, 4) is 0 Å². The van der Waals surface area contributed by atoms with Gasteiger partial charge < -0.3 is 5.32 Å². The van der Waals surface area contributed by atoms with Gasteiger partial charge in [0, 0.05) is 24.0 Å². The van der Waals surface area contributed by atoms with Crippen LogP contribution >= 0.6 is 11.3 Å². The second-order valence-electron chi connectivity index (χ2n) is 5.82. The zero-order chi connectivity index (χ0) is 15.6. The fourth-order valence-electron chi connectivity index (χ4n) is 3.04. The molecule has 0 bridgehead atoms. The van der Waals surface area contributed by atoms with Crippen LogP contribution in [0.15, 0.2) is 30.5 Å². The first kappa shape index (κ1) is 14.4. The molecule has 0 spiro atoms. The van der Waals surface area contributed by atoms with Gasteiger partial charge in [-0.2, -0.15) is 0 Å². The number of nitrogens with zero attached hydrogens (tertiary/aromatic N) is 3. The van der Waals surface area contributed by atoms with Gasteiger partial charge in [0.25, 0.3) is 5.91 Å². The van der Waals surface area contributed by atoms with Crippen LogP contribution in [-0.4, -0.2) is 27.0 Å². The van der Waals surface area contributed by atoms with Gasteiger partial charge in [0.1, 0.15) is 5.82 Å². The Morgan fingerprint density at radius 1 is 1.26 bits per heavy atom. The zero-order valence-electron chi connectivity index (χ0n) is 12.8. The van der Waals surface area contributed by atoms with Gasteiger partial charge in [0.15, 0.2) is 5.65 Å². The van der Waals surface area contributed by atoms with E-state index in [2.05, 4.69) is 21.6 Å². The smallest absolute Gasteiger partial charge is 0.261 e. The van der Waals surface area contributed by atoms with Crippen molar-refractivity contribution < 1.29 is 4.79 Å². The van der Waals surface area contributed by atoms with E-state index in [4.69, 9.17) is 0 Å². The molecule has 5 nitrogen and oxygen atoms in total. The number of thiophene rings is 1. The predicted octanol–water partition coefficient (Wildman–Crippen LogP) is 2.64. The van der Waals surface area contributed by atoms with Gasteiger partial charge in [-0.25, -0.2) is 0 Å². The van der Waals surface area contributed by atoms with Gasteiger partial charge in [-0.1, -0.05) is 6.07 Å². The highest BCUT2D eigenvalue weighted by molar-refractivity contribution is 7.14. The maximum atomic E-state index is 12.3. The maximum Gasteiger partial charge on any atom is 0.261 e. The van der Waals surface area contributed by atoms with Crippen molar-refractivity contribution in [3.05, 3.63) is 51.6 Å². The Hall–Kier alpha value is -2.21. The predicted molar refractivity (Wildman–Crippen MR) is 90.0 cm³/mol. The third-order valence-corrected chi connectivity index (χ3v) is 5.47. The summed E-state index contributed by atoms with van der Waals surface area (Å²) in [5, 5.41) is 11.3. The van der Waals surface area contributed by atoms with Gasteiger partial charge in [-0.05, 0) is 49.4 Å². The Morgan fingerprint density at radius 2 is 2.17 bits per heavy atom. The first-order valence-corrected chi connectivity index (χ1v) is 8.81. The molecule has 0 saturated heterocycles. The second-order valence-corrected chi connectivity index (χ2v) is 6.95. The molecule has 0 saturated carbocycles. The van der Waals surface area contributed by atoms with E-state index in [-0.39, 0.29) is 5.91 Å². The molecule has 0 radical (unpaired) electrons. The molecule has 1 aliphatic rings. The van der Waals surface area contributed by atoms with E-state index in [0.29, 0.717) is 13.0 Å². The summed E-state index contributed by atoms with van der Waals surface area (Å²) < 4.78 is 1.95. The van der Waals surface area contributed by atoms with E-state index < -0.39 is 0 Å². The van der Waals surface area contributed by atoms with Crippen molar-refractivity contribution in [3.63, 3.8) is 0 Å². The van der Waals surface area contributed by atoms with Gasteiger partial charge >= 0.3 is 0 Å². The van der Waals surface area contributed by atoms with Crippen molar-refractivity contribution in [1.82, 2.24) is 19.9 Å². The maximum absolute atomic E-state index is 12.3. The lowest BCUT2D eigenvalue weighted by Crippen LogP contribution is -2.25. The van der Waals surface area contributed by atoms with Crippen molar-refractivity contribution in [1.29, 1.82) is 0 Å². The van der Waals surface area contributed by atoms with Crippen LogP contribution in [0.4, 0.5) is 0 Å². The molecule has 6 heteroatoms. The molecule has 0 unspecified atom stereocenters. The Bertz CT molecular complexity index is 828. The summed E-state index contributed by atoms with van der Waals surface area (Å²) in [5.74, 6) is 0.893. The molecular weight excluding hydrogens is 308 g/mol. The van der Waals surface area contributed by atoms with Crippen molar-refractivity contribution >= 4 is 22.9 Å². The van der Waals surface area contributed by atoms with E-state index in [1.807, 2.05) is 28.8 Å². The number of hydrogen-bond donors (Lipinski definition) is 1. The molecule has 1 N–H and O–H groups in total. The number of aryl methyl sites for hydroxylation is 2. The molecule has 0 aliphatic heterocycles. The van der Waals surface area contributed by atoms with Crippen LogP contribution in [0.25, 0.3) is 5.65 Å². The summed E-state index contributed by atoms with van der Waals surface area (Å²) in [5.41, 5.74) is 2.20. The molecule has 3 heterocycles. The fourth-order valence-corrected chi connectivity index (χ4v) is 4.21. The van der Waals surface area contributed by atoms with E-state index in [1.54, 1.807) is 11.3 Å². The van der Waals surface area contributed by atoms with E-state index >= 15 is 0 Å². The number of aromatic nitrogens is 3. The molecular formula is C17H18N4OS. The van der Waals surface area contributed by atoms with Gasteiger partial charge in [0.05, 0.1) is 4.88 Å². The van der Waals surface area contributed by atoms with Gasteiger partial charge in [-0.3, -0.25) is 9.20 Å². The lowest BCUT2D eigenvalue weighted by molar-refractivity contribution is 0.0958. The second kappa shape index (κ2) is 6.12. The van der Waals surface area contributed by atoms with E-state index in [0.717, 1.165) is 29.2 Å². The highest BCUT2D eigenvalue weighted by Crippen LogP contribution is 2.29. The van der Waals surface area contributed by atoms with Crippen LogP contribution in [0, 0.1) is 0 Å². The number of carbonyl (C=O) groups is 1. The molecule has 118 valence electrons. The number of carbonyl (C=O) groups excluding carboxylic acids is 1. The Morgan fingerprint density at radius 3 is 3.09 bits per heavy atom. The molecule has 4 rings (SSSR count). The minimum Gasteiger partial charge on any atom is -0.351 e. The molecule has 1 amide bonds. The Labute approximate surface area is 138 Å². The number of pyridine rings is 1. The standard InChI is InChI=1S/C17H18N4OS/c22-17(14-11-12-5-1-2-6-13(12)23-14)18-9-8-16-20-19-15-7-3-4-10-21(15)16/h3-4,7,10-11H,1-2,5-6,8-9H2,(H,18,22). The molecule has 3 aromatic heterocycles. The molecule has 1 aliphatic carbocycles. The van der Waals surface area contributed by atoms with Crippen molar-refractivity contribution in [2.24, 2.45) is 0 Å². The first-order valence-electron chi connectivity index (χ1n) is 8.00. The largest absolute Gasteiger partial charge is 0.351 e. The van der Waals surface area contributed by atoms with Crippen LogP contribution in [0.1, 0.15) is 38.8 Å². The number of nitrogens with one attached hydrogen (secondary N) is 1. The molecule has 0 aromatic carbocycles. The van der Waals surface area contributed by atoms with Gasteiger partial charge in [-0.15, -0.1) is 21.5 Å². The van der Waals surface area contributed by atoms with Gasteiger partial charge in [0.2, 0.25) is 0 Å². The third kappa shape index (κ3) is 2.86. The van der Waals surface area contributed by atoms with Crippen LogP contribution < -0.4 is 5.32 Å². The fraction of sp³-hybridized carbons (Fsp3) is 0.353. The summed E-state index contributed by atoms with van der Waals surface area (Å²) in [4.78, 5) is 14.5. The lowest BCUT2D eigenvalue weighted by atomic mass is 9.99. The zero-order valence-corrected chi connectivity index (χ0v) is 13.6. The quantitative estimate of drug-likeness (QED) is 0.802. The average molecular weight is 326 g/mol. The van der Waals surface area contributed by atoms with E-state index in [9.17, 15) is 4.79 Å². The lowest BCUT2D eigenvalue weighted by Gasteiger charge is -2.08. The SMILES string of the molecule is O=C(NCCc1nnc2ccccn12)c1cc2c(s1)CCCC2. The summed E-state index contributed by atoms with van der Waals surface area (Å²) >= 11 is 1.65. The average Bonchev–Trinajstić information content (AvgIpc) is 3.19. The number of hydrogen-bond acceptors (Lipinski definition) is 4.